The molecule has 0 bridgehead atoms. The van der Waals surface area contributed by atoms with Crippen LogP contribution < -0.4 is 5.32 Å². The van der Waals surface area contributed by atoms with Crippen LogP contribution in [0.3, 0.4) is 0 Å². The van der Waals surface area contributed by atoms with E-state index in [-0.39, 0.29) is 0 Å². The van der Waals surface area contributed by atoms with Crippen molar-refractivity contribution in [2.24, 2.45) is 0 Å². The van der Waals surface area contributed by atoms with E-state index in [2.05, 4.69) is 73.6 Å². The Morgan fingerprint density at radius 2 is 1.80 bits per heavy atom. The van der Waals surface area contributed by atoms with Crippen LogP contribution in [0, 0.1) is 13.8 Å². The molecule has 2 aromatic rings. The summed E-state index contributed by atoms with van der Waals surface area (Å²) in [5.74, 6) is 0. The number of aryl methyl sites for hydroxylation is 2. The van der Waals surface area contributed by atoms with Crippen molar-refractivity contribution in [1.29, 1.82) is 0 Å². The average molecular weight is 268 g/mol. The van der Waals surface area contributed by atoms with E-state index in [1.54, 1.807) is 0 Å². The fraction of sp³-hybridized carbons (Fsp3) is 0.333. The minimum Gasteiger partial charge on any atom is -0.388 e. The van der Waals surface area contributed by atoms with Crippen LogP contribution in [-0.2, 0) is 13.1 Å². The summed E-state index contributed by atoms with van der Waals surface area (Å²) in [6, 6.07) is 15.3. The second kappa shape index (κ2) is 6.58. The molecule has 0 aliphatic rings. The lowest BCUT2D eigenvalue weighted by molar-refractivity contribution is 0.318. The van der Waals surface area contributed by atoms with Gasteiger partial charge in [0.25, 0.3) is 0 Å². The van der Waals surface area contributed by atoms with Crippen molar-refractivity contribution < 1.29 is 0 Å². The minimum atomic E-state index is 0.961. The third-order valence-electron chi connectivity index (χ3n) is 3.61. The number of rotatable bonds is 5. The molecule has 0 unspecified atom stereocenters. The Hall–Kier alpha value is -1.80. The zero-order valence-electron chi connectivity index (χ0n) is 12.9. The van der Waals surface area contributed by atoms with Crippen LogP contribution >= 0.6 is 0 Å². The molecule has 0 fully saturated rings. The van der Waals surface area contributed by atoms with E-state index in [9.17, 15) is 0 Å². The van der Waals surface area contributed by atoms with Gasteiger partial charge < -0.3 is 5.32 Å². The predicted molar refractivity (Wildman–Crippen MR) is 87.1 cm³/mol. The molecule has 106 valence electrons. The normalized spacial score (nSPS) is 10.8. The summed E-state index contributed by atoms with van der Waals surface area (Å²) < 4.78 is 0. The molecule has 0 heterocycles. The van der Waals surface area contributed by atoms with E-state index in [0.717, 1.165) is 13.1 Å². The topological polar surface area (TPSA) is 15.3 Å². The van der Waals surface area contributed by atoms with Gasteiger partial charge in [0.15, 0.2) is 0 Å². The maximum absolute atomic E-state index is 3.19. The van der Waals surface area contributed by atoms with E-state index in [4.69, 9.17) is 0 Å². The van der Waals surface area contributed by atoms with Gasteiger partial charge in [-0.1, -0.05) is 35.9 Å². The summed E-state index contributed by atoms with van der Waals surface area (Å²) in [4.78, 5) is 2.36. The second-order valence-electron chi connectivity index (χ2n) is 5.55. The SMILES string of the molecule is CNc1cccc(CN(C)Cc2cc(C)ccc2C)c1. The van der Waals surface area contributed by atoms with Gasteiger partial charge in [0, 0.05) is 25.8 Å². The van der Waals surface area contributed by atoms with Gasteiger partial charge >= 0.3 is 0 Å². The maximum atomic E-state index is 3.19. The first kappa shape index (κ1) is 14.6. The highest BCUT2D eigenvalue weighted by Crippen LogP contribution is 2.16. The van der Waals surface area contributed by atoms with Gasteiger partial charge in [-0.2, -0.15) is 0 Å². The number of nitrogens with zero attached hydrogens (tertiary/aromatic N) is 1. The fourth-order valence-electron chi connectivity index (χ4n) is 2.45. The molecule has 0 amide bonds. The first-order valence-corrected chi connectivity index (χ1v) is 7.10. The Labute approximate surface area is 122 Å². The van der Waals surface area contributed by atoms with E-state index >= 15 is 0 Å². The third kappa shape index (κ3) is 3.84. The number of anilines is 1. The Morgan fingerprint density at radius 1 is 1.00 bits per heavy atom. The Morgan fingerprint density at radius 3 is 2.55 bits per heavy atom. The Balaban J connectivity index is 2.04. The van der Waals surface area contributed by atoms with Gasteiger partial charge in [0.2, 0.25) is 0 Å². The average Bonchev–Trinajstić information content (AvgIpc) is 2.43. The highest BCUT2D eigenvalue weighted by Gasteiger charge is 2.05. The molecule has 2 heteroatoms. The van der Waals surface area contributed by atoms with Crippen molar-refractivity contribution in [2.45, 2.75) is 26.9 Å². The summed E-state index contributed by atoms with van der Waals surface area (Å²) in [7, 11) is 4.13. The molecular formula is C18H24N2. The quantitative estimate of drug-likeness (QED) is 0.882. The van der Waals surface area contributed by atoms with Gasteiger partial charge in [0.05, 0.1) is 0 Å². The van der Waals surface area contributed by atoms with Crippen LogP contribution in [0.2, 0.25) is 0 Å². The summed E-state index contributed by atoms with van der Waals surface area (Å²) >= 11 is 0. The summed E-state index contributed by atoms with van der Waals surface area (Å²) in [6.45, 7) is 6.28. The Kier molecular flexibility index (Phi) is 4.80. The molecule has 0 aromatic heterocycles. The molecule has 20 heavy (non-hydrogen) atoms. The number of hydrogen-bond donors (Lipinski definition) is 1. The van der Waals surface area contributed by atoms with Gasteiger partial charge in [-0.05, 0) is 49.7 Å². The van der Waals surface area contributed by atoms with Crippen LogP contribution in [-0.4, -0.2) is 19.0 Å². The van der Waals surface area contributed by atoms with Crippen molar-refractivity contribution in [3.8, 4) is 0 Å². The van der Waals surface area contributed by atoms with Crippen molar-refractivity contribution in [2.75, 3.05) is 19.4 Å². The van der Waals surface area contributed by atoms with Crippen molar-refractivity contribution in [3.63, 3.8) is 0 Å². The molecule has 2 aromatic carbocycles. The van der Waals surface area contributed by atoms with Crippen molar-refractivity contribution in [1.82, 2.24) is 4.90 Å². The van der Waals surface area contributed by atoms with Crippen LogP contribution in [0.4, 0.5) is 5.69 Å². The lowest BCUT2D eigenvalue weighted by atomic mass is 10.1. The van der Waals surface area contributed by atoms with Crippen LogP contribution in [0.1, 0.15) is 22.3 Å². The predicted octanol–water partition coefficient (Wildman–Crippen LogP) is 3.98. The summed E-state index contributed by atoms with van der Waals surface area (Å²) in [5.41, 5.74) is 6.62. The number of hydrogen-bond acceptors (Lipinski definition) is 2. The maximum Gasteiger partial charge on any atom is 0.0340 e. The van der Waals surface area contributed by atoms with Gasteiger partial charge in [0.1, 0.15) is 0 Å². The van der Waals surface area contributed by atoms with E-state index in [1.165, 1.54) is 27.9 Å². The highest BCUT2D eigenvalue weighted by atomic mass is 15.1. The molecule has 1 N–H and O–H groups in total. The van der Waals surface area contributed by atoms with Gasteiger partial charge in [-0.25, -0.2) is 0 Å². The molecule has 0 radical (unpaired) electrons. The fourth-order valence-corrected chi connectivity index (χ4v) is 2.45. The molecule has 0 saturated heterocycles. The largest absolute Gasteiger partial charge is 0.388 e. The molecule has 0 spiro atoms. The molecule has 2 nitrogen and oxygen atoms in total. The van der Waals surface area contributed by atoms with Crippen molar-refractivity contribution >= 4 is 5.69 Å². The van der Waals surface area contributed by atoms with Crippen LogP contribution in [0.15, 0.2) is 42.5 Å². The molecule has 2 rings (SSSR count). The molecule has 0 aliphatic heterocycles. The first-order chi connectivity index (χ1) is 9.58. The molecule has 0 atom stereocenters. The number of benzene rings is 2. The summed E-state index contributed by atoms with van der Waals surface area (Å²) in [6.07, 6.45) is 0. The highest BCUT2D eigenvalue weighted by molar-refractivity contribution is 5.45. The summed E-state index contributed by atoms with van der Waals surface area (Å²) in [5, 5.41) is 3.19. The minimum absolute atomic E-state index is 0.961. The van der Waals surface area contributed by atoms with E-state index in [1.807, 2.05) is 7.05 Å². The lowest BCUT2D eigenvalue weighted by Gasteiger charge is -2.19. The molecule has 0 aliphatic carbocycles. The van der Waals surface area contributed by atoms with E-state index in [0.29, 0.717) is 0 Å². The number of nitrogens with one attached hydrogen (secondary N) is 1. The Bertz CT molecular complexity index is 575. The lowest BCUT2D eigenvalue weighted by Crippen LogP contribution is -2.18. The smallest absolute Gasteiger partial charge is 0.0340 e. The zero-order valence-corrected chi connectivity index (χ0v) is 12.9. The zero-order chi connectivity index (χ0) is 14.5. The molecule has 0 saturated carbocycles. The van der Waals surface area contributed by atoms with Gasteiger partial charge in [-0.15, -0.1) is 0 Å². The van der Waals surface area contributed by atoms with Crippen molar-refractivity contribution in [3.05, 3.63) is 64.7 Å². The molecular weight excluding hydrogens is 244 g/mol. The standard InChI is InChI=1S/C18H24N2/c1-14-8-9-15(2)17(10-14)13-20(4)12-16-6-5-7-18(11-16)19-3/h5-11,19H,12-13H2,1-4H3. The first-order valence-electron chi connectivity index (χ1n) is 7.10. The van der Waals surface area contributed by atoms with Crippen LogP contribution in [0.5, 0.6) is 0 Å². The van der Waals surface area contributed by atoms with Crippen LogP contribution in [0.25, 0.3) is 0 Å². The monoisotopic (exact) mass is 268 g/mol. The third-order valence-corrected chi connectivity index (χ3v) is 3.61. The second-order valence-corrected chi connectivity index (χ2v) is 5.55. The van der Waals surface area contributed by atoms with Gasteiger partial charge in [-0.3, -0.25) is 4.90 Å². The van der Waals surface area contributed by atoms with E-state index < -0.39 is 0 Å².